The second-order valence-corrected chi connectivity index (χ2v) is 7.20. The first-order valence-electron chi connectivity index (χ1n) is 12.6. The molecule has 0 saturated carbocycles. The number of aromatic nitrogens is 1. The van der Waals surface area contributed by atoms with Crippen LogP contribution in [-0.2, 0) is 16.0 Å². The summed E-state index contributed by atoms with van der Waals surface area (Å²) < 4.78 is 73.5. The van der Waals surface area contributed by atoms with Crippen LogP contribution in [0.4, 0.5) is 0 Å². The van der Waals surface area contributed by atoms with Gasteiger partial charge in [-0.05, 0) is 54.2 Å². The van der Waals surface area contributed by atoms with Crippen molar-refractivity contribution >= 4 is 33.5 Å². The molecule has 7 heteroatoms. The number of thiophene rings is 1. The molecular weight excluding hydrogens is 414 g/mol. The van der Waals surface area contributed by atoms with Crippen molar-refractivity contribution in [3.05, 3.63) is 76.6 Å². The number of carboxylic acids is 1. The summed E-state index contributed by atoms with van der Waals surface area (Å²) in [5.74, 6) is -1.25. The molecule has 0 aliphatic rings. The van der Waals surface area contributed by atoms with E-state index >= 15 is 0 Å². The van der Waals surface area contributed by atoms with Crippen molar-refractivity contribution in [2.24, 2.45) is 0 Å². The number of hydrogen-bond donors (Lipinski definition) is 1. The lowest BCUT2D eigenvalue weighted by Crippen LogP contribution is -2.03. The molecule has 0 saturated heterocycles. The van der Waals surface area contributed by atoms with Gasteiger partial charge in [0.25, 0.3) is 0 Å². The average molecular weight is 443 g/mol. The maximum Gasteiger partial charge on any atom is 0.371 e. The molecule has 2 heterocycles. The summed E-state index contributed by atoms with van der Waals surface area (Å²) in [6.45, 7) is -0.741. The first-order valence-corrected chi connectivity index (χ1v) is 9.94. The zero-order chi connectivity index (χ0) is 27.9. The lowest BCUT2D eigenvalue weighted by molar-refractivity contribution is -0.135. The quantitative estimate of drug-likeness (QED) is 0.284. The number of methoxy groups -OCH3 is 1. The Hall–Kier alpha value is -3.58. The molecule has 0 spiro atoms. The van der Waals surface area contributed by atoms with Crippen molar-refractivity contribution in [2.75, 3.05) is 13.7 Å². The molecule has 0 amide bonds. The van der Waals surface area contributed by atoms with Crippen molar-refractivity contribution in [1.82, 2.24) is 4.98 Å². The minimum Gasteiger partial charge on any atom is -0.493 e. The van der Waals surface area contributed by atoms with E-state index in [1.165, 1.54) is 37.5 Å². The second-order valence-electron chi connectivity index (χ2n) is 6.28. The van der Waals surface area contributed by atoms with Crippen LogP contribution in [0.3, 0.4) is 0 Å². The first kappa shape index (κ1) is 13.7. The summed E-state index contributed by atoms with van der Waals surface area (Å²) in [4.78, 5) is 15.6. The summed E-state index contributed by atoms with van der Waals surface area (Å²) in [7, 11) is 1.26. The normalized spacial score (nSPS) is 15.3. The fraction of sp³-hybridized carbons (Fsp3) is 0.167. The fourth-order valence-corrected chi connectivity index (χ4v) is 3.75. The summed E-state index contributed by atoms with van der Waals surface area (Å²) >= 11 is 1.33. The van der Waals surface area contributed by atoms with Gasteiger partial charge in [-0.1, -0.05) is 18.1 Å². The molecule has 158 valence electrons. The number of rotatable bonds is 8. The smallest absolute Gasteiger partial charge is 0.371 e. The van der Waals surface area contributed by atoms with E-state index in [0.717, 1.165) is 0 Å². The minimum absolute atomic E-state index is 0.157. The zero-order valence-electron chi connectivity index (χ0n) is 23.5. The fourth-order valence-electron chi connectivity index (χ4n) is 2.85. The number of carboxylic acid groups (broad SMARTS) is 1. The molecule has 1 N–H and O–H groups in total. The van der Waals surface area contributed by atoms with Crippen LogP contribution >= 0.6 is 11.3 Å². The van der Waals surface area contributed by atoms with Crippen LogP contribution in [0.25, 0.3) is 27.6 Å². The Morgan fingerprint density at radius 2 is 2.13 bits per heavy atom. The second kappa shape index (κ2) is 9.06. The zero-order valence-corrected chi connectivity index (χ0v) is 17.3. The predicted molar refractivity (Wildman–Crippen MR) is 120 cm³/mol. The molecule has 0 unspecified atom stereocenters. The Balaban J connectivity index is 1.65. The van der Waals surface area contributed by atoms with Gasteiger partial charge < -0.3 is 19.0 Å². The summed E-state index contributed by atoms with van der Waals surface area (Å²) in [5, 5.41) is 11.6. The van der Waals surface area contributed by atoms with Crippen molar-refractivity contribution in [3.63, 3.8) is 0 Å². The van der Waals surface area contributed by atoms with Gasteiger partial charge in [0.2, 0.25) is 11.6 Å². The van der Waals surface area contributed by atoms with Crippen LogP contribution in [-0.4, -0.2) is 29.7 Å². The third-order valence-electron chi connectivity index (χ3n) is 4.35. The third kappa shape index (κ3) is 4.46. The number of carbonyl (C=O) groups is 1. The summed E-state index contributed by atoms with van der Waals surface area (Å²) in [6, 6.07) is 2.31. The number of ether oxygens (including phenoxy) is 2. The number of aliphatic carboxylic acids is 1. The van der Waals surface area contributed by atoms with Gasteiger partial charge in [0.15, 0.2) is 0 Å². The van der Waals surface area contributed by atoms with Crippen LogP contribution in [0, 0.1) is 6.92 Å². The molecular formula is C24H21NO5S. The molecule has 2 aromatic heterocycles. The van der Waals surface area contributed by atoms with Gasteiger partial charge in [0.1, 0.15) is 11.5 Å². The highest BCUT2D eigenvalue weighted by atomic mass is 32.1. The lowest BCUT2D eigenvalue weighted by atomic mass is 10.1. The predicted octanol–water partition coefficient (Wildman–Crippen LogP) is 5.56. The Bertz CT molecular complexity index is 1570. The third-order valence-corrected chi connectivity index (χ3v) is 5.32. The monoisotopic (exact) mass is 442 g/mol. The topological polar surface area (TPSA) is 81.8 Å². The minimum atomic E-state index is -2.27. The summed E-state index contributed by atoms with van der Waals surface area (Å²) in [5.41, 5.74) is 0.508. The SMILES string of the molecule is [2H]c1c([2H])c([2H])c(-c2nc(CC([2H])([2H])Oc3ccc(/C=C(\OC)C(=O)O)c4sccc34)c(C)o2)c([2H])c1[2H]. The number of fused-ring (bicyclic) bond motifs is 1. The number of nitrogens with zero attached hydrogens (tertiary/aromatic N) is 1. The van der Waals surface area contributed by atoms with Crippen LogP contribution in [0.5, 0.6) is 5.75 Å². The van der Waals surface area contributed by atoms with E-state index < -0.39 is 42.7 Å². The van der Waals surface area contributed by atoms with Crippen LogP contribution in [0.2, 0.25) is 0 Å². The Morgan fingerprint density at radius 3 is 2.87 bits per heavy atom. The van der Waals surface area contributed by atoms with Gasteiger partial charge in [0, 0.05) is 22.1 Å². The molecule has 6 nitrogen and oxygen atoms in total. The largest absolute Gasteiger partial charge is 0.493 e. The Kier molecular flexibility index (Phi) is 3.99. The molecule has 4 rings (SSSR count). The van der Waals surface area contributed by atoms with Gasteiger partial charge in [0.05, 0.1) is 29.0 Å². The standard InChI is InChI=1S/C24H21NO5S/c1-15-19(25-23(30-15)16-6-4-3-5-7-16)10-12-29-20-9-8-17(14-21(28-2)24(26)27)22-18(20)11-13-31-22/h3-9,11,13-14H,10,12H2,1-2H3,(H,26,27)/b21-14-/i3D,4D,5D,6D,7D,12D2. The number of benzene rings is 2. The average Bonchev–Trinajstić information content (AvgIpc) is 3.48. The van der Waals surface area contributed by atoms with Crippen LogP contribution < -0.4 is 4.74 Å². The molecule has 31 heavy (non-hydrogen) atoms. The van der Waals surface area contributed by atoms with Crippen LogP contribution in [0.15, 0.2) is 64.0 Å². The van der Waals surface area contributed by atoms with E-state index in [1.807, 2.05) is 0 Å². The van der Waals surface area contributed by atoms with E-state index in [2.05, 4.69) is 4.98 Å². The number of aryl methyl sites for hydroxylation is 2. The molecule has 2 aromatic carbocycles. The van der Waals surface area contributed by atoms with Gasteiger partial charge in [-0.25, -0.2) is 9.78 Å². The molecule has 0 bridgehead atoms. The highest BCUT2D eigenvalue weighted by Crippen LogP contribution is 2.34. The molecule has 4 aromatic rings. The van der Waals surface area contributed by atoms with Gasteiger partial charge in [-0.15, -0.1) is 11.3 Å². The van der Waals surface area contributed by atoms with Crippen molar-refractivity contribution in [1.29, 1.82) is 0 Å². The van der Waals surface area contributed by atoms with Gasteiger partial charge in [-0.2, -0.15) is 0 Å². The number of hydrogen-bond acceptors (Lipinski definition) is 6. The molecule has 0 atom stereocenters. The van der Waals surface area contributed by atoms with E-state index in [4.69, 9.17) is 23.5 Å². The first-order chi connectivity index (χ1) is 17.8. The maximum absolute atomic E-state index is 11.3. The summed E-state index contributed by atoms with van der Waals surface area (Å²) in [6.07, 6.45) is 1.01. The lowest BCUT2D eigenvalue weighted by Gasteiger charge is -2.09. The van der Waals surface area contributed by atoms with Crippen molar-refractivity contribution in [3.8, 4) is 17.2 Å². The maximum atomic E-state index is 11.3. The van der Waals surface area contributed by atoms with E-state index in [1.54, 1.807) is 17.5 Å². The van der Waals surface area contributed by atoms with E-state index in [-0.39, 0.29) is 40.8 Å². The highest BCUT2D eigenvalue weighted by Gasteiger charge is 2.14. The number of oxazole rings is 1. The highest BCUT2D eigenvalue weighted by molar-refractivity contribution is 7.17. The van der Waals surface area contributed by atoms with Crippen molar-refractivity contribution in [2.45, 2.75) is 13.3 Å². The van der Waals surface area contributed by atoms with Gasteiger partial charge in [-0.3, -0.25) is 0 Å². The Morgan fingerprint density at radius 1 is 1.32 bits per heavy atom. The molecule has 0 fully saturated rings. The Labute approximate surface area is 193 Å². The van der Waals surface area contributed by atoms with Crippen molar-refractivity contribution < 1.29 is 33.4 Å². The van der Waals surface area contributed by atoms with E-state index in [9.17, 15) is 9.90 Å². The van der Waals surface area contributed by atoms with Gasteiger partial charge >= 0.3 is 5.97 Å². The molecule has 0 aliphatic carbocycles. The van der Waals surface area contributed by atoms with Crippen LogP contribution in [0.1, 0.15) is 26.6 Å². The molecule has 0 radical (unpaired) electrons. The van der Waals surface area contributed by atoms with E-state index in [0.29, 0.717) is 15.6 Å². The molecule has 0 aliphatic heterocycles.